The fraction of sp³-hybridized carbons (Fsp3) is 0.345. The van der Waals surface area contributed by atoms with Gasteiger partial charge in [0.2, 0.25) is 5.91 Å². The summed E-state index contributed by atoms with van der Waals surface area (Å²) in [6.07, 6.45) is 3.87. The molecule has 1 N–H and O–H groups in total. The first kappa shape index (κ1) is 29.4. The van der Waals surface area contributed by atoms with Gasteiger partial charge in [0.25, 0.3) is 5.91 Å². The number of methoxy groups -OCH3 is 1. The molecule has 1 aliphatic rings. The van der Waals surface area contributed by atoms with Crippen molar-refractivity contribution in [2.45, 2.75) is 31.7 Å². The van der Waals surface area contributed by atoms with Crippen LogP contribution in [-0.4, -0.2) is 76.3 Å². The van der Waals surface area contributed by atoms with Crippen LogP contribution in [0.5, 0.6) is 11.5 Å². The molecule has 2 heterocycles. The minimum absolute atomic E-state index is 0.0433. The van der Waals surface area contributed by atoms with Gasteiger partial charge in [-0.3, -0.25) is 19.0 Å². The van der Waals surface area contributed by atoms with E-state index in [1.807, 2.05) is 0 Å². The van der Waals surface area contributed by atoms with E-state index in [2.05, 4.69) is 21.6 Å². The van der Waals surface area contributed by atoms with Crippen molar-refractivity contribution in [2.75, 3.05) is 27.7 Å². The number of amides is 2. The lowest BCUT2D eigenvalue weighted by atomic mass is 9.97. The third-order valence-electron chi connectivity index (χ3n) is 7.18. The fourth-order valence-corrected chi connectivity index (χ4v) is 4.73. The molecule has 1 saturated carbocycles. The van der Waals surface area contributed by atoms with Crippen molar-refractivity contribution < 1.29 is 32.2 Å². The van der Waals surface area contributed by atoms with Crippen LogP contribution < -0.4 is 14.8 Å². The zero-order valence-electron chi connectivity index (χ0n) is 23.8. The number of halogens is 3. The normalized spacial score (nSPS) is 13.6. The first-order valence-corrected chi connectivity index (χ1v) is 13.2. The van der Waals surface area contributed by atoms with E-state index < -0.39 is 23.9 Å². The Kier molecular flexibility index (Phi) is 7.74. The molecule has 2 amide bonds. The Morgan fingerprint density at radius 2 is 1.88 bits per heavy atom. The van der Waals surface area contributed by atoms with Crippen molar-refractivity contribution in [3.63, 3.8) is 0 Å². The van der Waals surface area contributed by atoms with Gasteiger partial charge in [-0.1, -0.05) is 0 Å². The summed E-state index contributed by atoms with van der Waals surface area (Å²) in [7, 11) is 6.18. The fourth-order valence-electron chi connectivity index (χ4n) is 4.73. The summed E-state index contributed by atoms with van der Waals surface area (Å²) in [4.78, 5) is 26.5. The highest BCUT2D eigenvalue weighted by molar-refractivity contribution is 6.03. The van der Waals surface area contributed by atoms with Crippen LogP contribution in [0.15, 0.2) is 36.7 Å². The van der Waals surface area contributed by atoms with Gasteiger partial charge in [0, 0.05) is 43.9 Å². The molecule has 2 aromatic carbocycles. The third kappa shape index (κ3) is 5.97. The number of benzene rings is 2. The predicted octanol–water partition coefficient (Wildman–Crippen LogP) is 3.91. The Balaban J connectivity index is 1.58. The van der Waals surface area contributed by atoms with E-state index in [0.29, 0.717) is 40.6 Å². The zero-order valence-corrected chi connectivity index (χ0v) is 23.8. The molecular formula is C29H28F3N7O4. The molecule has 0 radical (unpaired) electrons. The van der Waals surface area contributed by atoms with Gasteiger partial charge in [-0.2, -0.15) is 24.2 Å². The second kappa shape index (κ2) is 11.3. The van der Waals surface area contributed by atoms with Gasteiger partial charge >= 0.3 is 6.61 Å². The molecule has 5 rings (SSSR count). The number of hydrogen-bond donors (Lipinski definition) is 1. The maximum absolute atomic E-state index is 14.1. The monoisotopic (exact) mass is 595 g/mol. The van der Waals surface area contributed by atoms with Crippen molar-refractivity contribution in [3.05, 3.63) is 47.8 Å². The lowest BCUT2D eigenvalue weighted by Gasteiger charge is -2.17. The standard InChI is InChI=1S/C29H28F3N7O4/c1-37(2)23(40)14-39-13-19(12-35-39)16-7-18(11-33)24-20(8-16)36-38(3)26(24)17-9-21(42-4)25(22(10-17)43-28(30)31)27(41)34-15-29(32)5-6-29/h7-10,12-13,28H,5-6,14-15H2,1-4H3,(H,34,41). The van der Waals surface area contributed by atoms with Gasteiger partial charge in [-0.05, 0) is 42.7 Å². The van der Waals surface area contributed by atoms with Gasteiger partial charge in [0.05, 0.1) is 42.7 Å². The Hall–Kier alpha value is -5.06. The summed E-state index contributed by atoms with van der Waals surface area (Å²) in [5, 5.41) is 21.8. The highest BCUT2D eigenvalue weighted by Gasteiger charge is 2.43. The maximum atomic E-state index is 14.1. The minimum atomic E-state index is -3.27. The summed E-state index contributed by atoms with van der Waals surface area (Å²) in [5.74, 6) is -1.53. The van der Waals surface area contributed by atoms with Crippen LogP contribution in [0, 0.1) is 11.3 Å². The molecule has 224 valence electrons. The van der Waals surface area contributed by atoms with Crippen LogP contribution in [0.1, 0.15) is 28.8 Å². The topological polar surface area (TPSA) is 127 Å². The third-order valence-corrected chi connectivity index (χ3v) is 7.18. The number of fused-ring (bicyclic) bond motifs is 1. The molecule has 0 saturated heterocycles. The van der Waals surface area contributed by atoms with Crippen LogP contribution >= 0.6 is 0 Å². The van der Waals surface area contributed by atoms with Crippen LogP contribution in [0.3, 0.4) is 0 Å². The summed E-state index contributed by atoms with van der Waals surface area (Å²) in [6.45, 7) is -3.49. The van der Waals surface area contributed by atoms with Gasteiger partial charge in [-0.25, -0.2) is 4.39 Å². The van der Waals surface area contributed by atoms with Crippen LogP contribution in [0.25, 0.3) is 33.3 Å². The molecule has 14 heteroatoms. The molecule has 2 aromatic heterocycles. The number of hydrogen-bond acceptors (Lipinski definition) is 7. The molecule has 4 aromatic rings. The molecule has 11 nitrogen and oxygen atoms in total. The second-order valence-electron chi connectivity index (χ2n) is 10.5. The van der Waals surface area contributed by atoms with Crippen molar-refractivity contribution in [1.29, 1.82) is 5.26 Å². The quantitative estimate of drug-likeness (QED) is 0.295. The molecule has 1 aliphatic carbocycles. The first-order valence-electron chi connectivity index (χ1n) is 13.2. The molecule has 0 aliphatic heterocycles. The summed E-state index contributed by atoms with van der Waals surface area (Å²) >= 11 is 0. The molecule has 1 fully saturated rings. The average molecular weight is 596 g/mol. The van der Waals surface area contributed by atoms with Crippen LogP contribution in [0.4, 0.5) is 13.2 Å². The predicted molar refractivity (Wildman–Crippen MR) is 149 cm³/mol. The van der Waals surface area contributed by atoms with E-state index in [1.165, 1.54) is 33.5 Å². The highest BCUT2D eigenvalue weighted by Crippen LogP contribution is 2.41. The lowest BCUT2D eigenvalue weighted by molar-refractivity contribution is -0.129. The highest BCUT2D eigenvalue weighted by atomic mass is 19.3. The number of nitrogens with one attached hydrogen (secondary N) is 1. The SMILES string of the molecule is COc1cc(-c2c3c(C#N)cc(-c4cnn(CC(=O)N(C)C)c4)cc3nn2C)cc(OC(F)F)c1C(=O)NCC1(F)CC1. The number of nitriles is 1. The second-order valence-corrected chi connectivity index (χ2v) is 10.5. The van der Waals surface area contributed by atoms with E-state index in [1.54, 1.807) is 45.7 Å². The Bertz CT molecular complexity index is 1770. The number of ether oxygens (including phenoxy) is 2. The van der Waals surface area contributed by atoms with Gasteiger partial charge in [-0.15, -0.1) is 0 Å². The number of aromatic nitrogens is 4. The summed E-state index contributed by atoms with van der Waals surface area (Å²) in [5.41, 5.74) is 0.811. The number of carbonyl (C=O) groups is 2. The number of nitrogens with zero attached hydrogens (tertiary/aromatic N) is 6. The molecule has 0 spiro atoms. The van der Waals surface area contributed by atoms with E-state index >= 15 is 0 Å². The van der Waals surface area contributed by atoms with E-state index in [9.17, 15) is 28.0 Å². The first-order chi connectivity index (χ1) is 20.4. The number of aryl methyl sites for hydroxylation is 1. The number of likely N-dealkylation sites (N-methyl/N-ethyl adjacent to an activating group) is 1. The largest absolute Gasteiger partial charge is 0.496 e. The van der Waals surface area contributed by atoms with Gasteiger partial charge in [0.15, 0.2) is 0 Å². The van der Waals surface area contributed by atoms with E-state index in [4.69, 9.17) is 9.47 Å². The Morgan fingerprint density at radius 3 is 2.51 bits per heavy atom. The Morgan fingerprint density at radius 1 is 1.16 bits per heavy atom. The molecule has 0 unspecified atom stereocenters. The van der Waals surface area contributed by atoms with Crippen molar-refractivity contribution >= 4 is 22.7 Å². The number of rotatable bonds is 10. The smallest absolute Gasteiger partial charge is 0.387 e. The van der Waals surface area contributed by atoms with Crippen LogP contribution in [-0.2, 0) is 18.4 Å². The van der Waals surface area contributed by atoms with E-state index in [-0.39, 0.29) is 41.4 Å². The minimum Gasteiger partial charge on any atom is -0.496 e. The molecule has 0 bridgehead atoms. The number of carbonyl (C=O) groups excluding carboxylic acids is 2. The van der Waals surface area contributed by atoms with Crippen molar-refractivity contribution in [3.8, 4) is 40.0 Å². The average Bonchev–Trinajstić information content (AvgIpc) is 3.35. The molecule has 0 atom stereocenters. The van der Waals surface area contributed by atoms with E-state index in [0.717, 1.165) is 0 Å². The lowest BCUT2D eigenvalue weighted by Crippen LogP contribution is -2.31. The van der Waals surface area contributed by atoms with Gasteiger partial charge in [0.1, 0.15) is 29.3 Å². The zero-order chi connectivity index (χ0) is 31.1. The molecule has 43 heavy (non-hydrogen) atoms. The van der Waals surface area contributed by atoms with Crippen molar-refractivity contribution in [2.24, 2.45) is 7.05 Å². The summed E-state index contributed by atoms with van der Waals surface area (Å²) in [6, 6.07) is 8.25. The summed E-state index contributed by atoms with van der Waals surface area (Å²) < 4.78 is 54.2. The van der Waals surface area contributed by atoms with Gasteiger partial charge < -0.3 is 19.7 Å². The molecular weight excluding hydrogens is 567 g/mol. The Labute approximate surface area is 244 Å². The van der Waals surface area contributed by atoms with Crippen LogP contribution in [0.2, 0.25) is 0 Å². The number of alkyl halides is 3. The maximum Gasteiger partial charge on any atom is 0.387 e. The van der Waals surface area contributed by atoms with Crippen molar-refractivity contribution in [1.82, 2.24) is 29.8 Å².